The summed E-state index contributed by atoms with van der Waals surface area (Å²) in [5.74, 6) is 1.26. The van der Waals surface area contributed by atoms with Crippen LogP contribution in [0.4, 0.5) is 15.8 Å². The number of rotatable bonds is 3. The Labute approximate surface area is 93.1 Å². The number of nitrogen functional groups attached to an aromatic ring is 1. The lowest BCUT2D eigenvalue weighted by molar-refractivity contribution is 0.490. The summed E-state index contributed by atoms with van der Waals surface area (Å²) < 4.78 is 18.7. The summed E-state index contributed by atoms with van der Waals surface area (Å²) >= 11 is 0. The molecule has 1 aromatic heterocycles. The molecular formula is C12H13FN2O. The minimum Gasteiger partial charge on any atom is -0.465 e. The molecule has 0 spiro atoms. The smallest absolute Gasteiger partial charge is 0.148 e. The van der Waals surface area contributed by atoms with Crippen LogP contribution in [0.2, 0.25) is 0 Å². The van der Waals surface area contributed by atoms with Crippen molar-refractivity contribution in [3.8, 4) is 0 Å². The molecule has 3 N–H and O–H groups in total. The van der Waals surface area contributed by atoms with Crippen LogP contribution in [0.5, 0.6) is 0 Å². The van der Waals surface area contributed by atoms with Gasteiger partial charge >= 0.3 is 0 Å². The van der Waals surface area contributed by atoms with E-state index in [-0.39, 0.29) is 5.82 Å². The van der Waals surface area contributed by atoms with E-state index in [1.165, 1.54) is 6.07 Å². The lowest BCUT2D eigenvalue weighted by Crippen LogP contribution is -2.01. The Morgan fingerprint density at radius 1 is 1.31 bits per heavy atom. The topological polar surface area (TPSA) is 51.2 Å². The highest BCUT2D eigenvalue weighted by atomic mass is 19.1. The van der Waals surface area contributed by atoms with Crippen LogP contribution in [0.3, 0.4) is 0 Å². The highest BCUT2D eigenvalue weighted by molar-refractivity contribution is 5.52. The molecule has 0 radical (unpaired) electrons. The van der Waals surface area contributed by atoms with Crippen molar-refractivity contribution < 1.29 is 8.81 Å². The minimum absolute atomic E-state index is 0.358. The first-order chi connectivity index (χ1) is 7.65. The predicted octanol–water partition coefficient (Wildman–Crippen LogP) is 2.92. The van der Waals surface area contributed by atoms with E-state index in [2.05, 4.69) is 5.32 Å². The summed E-state index contributed by atoms with van der Waals surface area (Å²) in [6.45, 7) is 2.32. The summed E-state index contributed by atoms with van der Waals surface area (Å²) in [7, 11) is 0. The van der Waals surface area contributed by atoms with Crippen LogP contribution >= 0.6 is 0 Å². The number of nitrogens with two attached hydrogens (primary N) is 1. The highest BCUT2D eigenvalue weighted by Gasteiger charge is 2.03. The molecule has 0 amide bonds. The molecule has 2 rings (SSSR count). The van der Waals surface area contributed by atoms with E-state index in [1.807, 2.05) is 19.1 Å². The Kier molecular flexibility index (Phi) is 2.81. The molecule has 0 bridgehead atoms. The molecule has 0 aliphatic heterocycles. The molecule has 2 aromatic rings. The third-order valence-electron chi connectivity index (χ3n) is 2.24. The van der Waals surface area contributed by atoms with Gasteiger partial charge in [-0.1, -0.05) is 0 Å². The van der Waals surface area contributed by atoms with Gasteiger partial charge in [0.05, 0.1) is 12.2 Å². The first kappa shape index (κ1) is 10.5. The molecular weight excluding hydrogens is 207 g/mol. The second-order valence-electron chi connectivity index (χ2n) is 3.61. The molecule has 1 aromatic carbocycles. The Morgan fingerprint density at radius 2 is 2.12 bits per heavy atom. The van der Waals surface area contributed by atoms with Crippen molar-refractivity contribution in [2.24, 2.45) is 0 Å². The van der Waals surface area contributed by atoms with Crippen molar-refractivity contribution in [3.05, 3.63) is 47.7 Å². The molecule has 0 saturated heterocycles. The van der Waals surface area contributed by atoms with Crippen molar-refractivity contribution in [2.45, 2.75) is 13.5 Å². The van der Waals surface area contributed by atoms with Gasteiger partial charge in [0.15, 0.2) is 0 Å². The van der Waals surface area contributed by atoms with Crippen molar-refractivity contribution >= 4 is 11.4 Å². The van der Waals surface area contributed by atoms with Gasteiger partial charge in [-0.05, 0) is 37.3 Å². The number of furan rings is 1. The summed E-state index contributed by atoms with van der Waals surface area (Å²) in [6, 6.07) is 8.28. The molecule has 84 valence electrons. The average Bonchev–Trinajstić information content (AvgIpc) is 2.63. The largest absolute Gasteiger partial charge is 0.465 e. The molecule has 0 saturated carbocycles. The molecule has 16 heavy (non-hydrogen) atoms. The normalized spacial score (nSPS) is 10.4. The number of halogens is 1. The van der Waals surface area contributed by atoms with E-state index >= 15 is 0 Å². The van der Waals surface area contributed by atoms with Crippen molar-refractivity contribution in [1.29, 1.82) is 0 Å². The van der Waals surface area contributed by atoms with Gasteiger partial charge in [0.25, 0.3) is 0 Å². The molecule has 3 nitrogen and oxygen atoms in total. The highest BCUT2D eigenvalue weighted by Crippen LogP contribution is 2.18. The summed E-state index contributed by atoms with van der Waals surface area (Å²) in [5, 5.41) is 2.95. The van der Waals surface area contributed by atoms with Gasteiger partial charge in [0.2, 0.25) is 0 Å². The number of hydrogen-bond acceptors (Lipinski definition) is 3. The van der Waals surface area contributed by atoms with E-state index in [0.29, 0.717) is 17.9 Å². The van der Waals surface area contributed by atoms with Crippen LogP contribution in [-0.4, -0.2) is 0 Å². The fourth-order valence-electron chi connectivity index (χ4n) is 1.44. The molecule has 0 atom stereocenters. The molecule has 0 unspecified atom stereocenters. The van der Waals surface area contributed by atoms with E-state index < -0.39 is 0 Å². The molecule has 0 aliphatic rings. The van der Waals surface area contributed by atoms with Crippen LogP contribution in [0.15, 0.2) is 34.7 Å². The number of aryl methyl sites for hydroxylation is 1. The Bertz CT molecular complexity index is 494. The van der Waals surface area contributed by atoms with Crippen LogP contribution < -0.4 is 11.1 Å². The van der Waals surface area contributed by atoms with Crippen LogP contribution in [-0.2, 0) is 6.54 Å². The van der Waals surface area contributed by atoms with Crippen molar-refractivity contribution in [3.63, 3.8) is 0 Å². The Balaban J connectivity index is 2.04. The van der Waals surface area contributed by atoms with Gasteiger partial charge in [-0.15, -0.1) is 0 Å². The van der Waals surface area contributed by atoms with Crippen LogP contribution in [0, 0.1) is 12.7 Å². The second kappa shape index (κ2) is 4.26. The van der Waals surface area contributed by atoms with Crippen molar-refractivity contribution in [2.75, 3.05) is 11.1 Å². The molecule has 0 aliphatic carbocycles. The van der Waals surface area contributed by atoms with Gasteiger partial charge in [-0.2, -0.15) is 0 Å². The Hall–Kier alpha value is -1.97. The SMILES string of the molecule is Cc1ccc(CNc2ccc(N)cc2F)o1. The third-order valence-corrected chi connectivity index (χ3v) is 2.24. The average molecular weight is 220 g/mol. The van der Waals surface area contributed by atoms with Gasteiger partial charge in [0, 0.05) is 5.69 Å². The first-order valence-electron chi connectivity index (χ1n) is 4.99. The summed E-state index contributed by atoms with van der Waals surface area (Å²) in [5.41, 5.74) is 6.29. The van der Waals surface area contributed by atoms with Crippen LogP contribution in [0.1, 0.15) is 11.5 Å². The lowest BCUT2D eigenvalue weighted by atomic mass is 10.2. The molecule has 1 heterocycles. The quantitative estimate of drug-likeness (QED) is 0.782. The third kappa shape index (κ3) is 2.34. The van der Waals surface area contributed by atoms with E-state index in [9.17, 15) is 4.39 Å². The van der Waals surface area contributed by atoms with Crippen molar-refractivity contribution in [1.82, 2.24) is 0 Å². The number of anilines is 2. The van der Waals surface area contributed by atoms with Gasteiger partial charge < -0.3 is 15.5 Å². The number of hydrogen-bond donors (Lipinski definition) is 2. The summed E-state index contributed by atoms with van der Waals surface area (Å²) in [4.78, 5) is 0. The number of nitrogens with one attached hydrogen (secondary N) is 1. The maximum absolute atomic E-state index is 13.4. The molecule has 4 heteroatoms. The van der Waals surface area contributed by atoms with E-state index in [1.54, 1.807) is 12.1 Å². The fraction of sp³-hybridized carbons (Fsp3) is 0.167. The van der Waals surface area contributed by atoms with Crippen LogP contribution in [0.25, 0.3) is 0 Å². The predicted molar refractivity (Wildman–Crippen MR) is 61.6 cm³/mol. The minimum atomic E-state index is -0.358. The lowest BCUT2D eigenvalue weighted by Gasteiger charge is -2.06. The fourth-order valence-corrected chi connectivity index (χ4v) is 1.44. The maximum Gasteiger partial charge on any atom is 0.148 e. The van der Waals surface area contributed by atoms with E-state index in [0.717, 1.165) is 11.5 Å². The Morgan fingerprint density at radius 3 is 2.75 bits per heavy atom. The maximum atomic E-state index is 13.4. The van der Waals surface area contributed by atoms with Gasteiger partial charge in [0.1, 0.15) is 17.3 Å². The first-order valence-corrected chi connectivity index (χ1v) is 4.99. The number of benzene rings is 1. The van der Waals surface area contributed by atoms with Gasteiger partial charge in [-0.3, -0.25) is 0 Å². The zero-order valence-corrected chi connectivity index (χ0v) is 8.96. The zero-order valence-electron chi connectivity index (χ0n) is 8.96. The van der Waals surface area contributed by atoms with Gasteiger partial charge in [-0.25, -0.2) is 4.39 Å². The zero-order chi connectivity index (χ0) is 11.5. The summed E-state index contributed by atoms with van der Waals surface area (Å²) in [6.07, 6.45) is 0. The molecule has 0 fully saturated rings. The monoisotopic (exact) mass is 220 g/mol. The van der Waals surface area contributed by atoms with E-state index in [4.69, 9.17) is 10.2 Å². The second-order valence-corrected chi connectivity index (χ2v) is 3.61. The standard InChI is InChI=1S/C12H13FN2O/c1-8-2-4-10(16-8)7-15-12-5-3-9(14)6-11(12)13/h2-6,15H,7,14H2,1H3.